The zero-order chi connectivity index (χ0) is 16.6. The Morgan fingerprint density at radius 1 is 1.04 bits per heavy atom. The third-order valence-electron chi connectivity index (χ3n) is 5.35. The van der Waals surface area contributed by atoms with Crippen molar-refractivity contribution in [1.82, 2.24) is 10.2 Å². The first-order valence-electron chi connectivity index (χ1n) is 9.49. The van der Waals surface area contributed by atoms with Gasteiger partial charge in [0.25, 0.3) is 0 Å². The first kappa shape index (κ1) is 17.3. The van der Waals surface area contributed by atoms with Crippen molar-refractivity contribution in [2.24, 2.45) is 5.92 Å². The standard InChI is InChI=1S/C20H30N2O2/c23-20(24-16-18-7-3-1-4-8-18)21-19-11-9-17(10-12-19)15-22-13-5-2-6-14-22/h1,3-4,7-8,17,19H,2,5-6,9-16H2,(H,21,23)/t17-,19-. The van der Waals surface area contributed by atoms with E-state index >= 15 is 0 Å². The number of hydrogen-bond acceptors (Lipinski definition) is 3. The summed E-state index contributed by atoms with van der Waals surface area (Å²) in [7, 11) is 0. The van der Waals surface area contributed by atoms with E-state index < -0.39 is 0 Å². The minimum atomic E-state index is -0.279. The summed E-state index contributed by atoms with van der Waals surface area (Å²) in [5.74, 6) is 0.807. The fourth-order valence-corrected chi connectivity index (χ4v) is 3.93. The number of benzene rings is 1. The monoisotopic (exact) mass is 330 g/mol. The van der Waals surface area contributed by atoms with E-state index in [1.54, 1.807) is 0 Å². The van der Waals surface area contributed by atoms with Crippen LogP contribution in [0.1, 0.15) is 50.5 Å². The summed E-state index contributed by atoms with van der Waals surface area (Å²) in [6.07, 6.45) is 8.46. The van der Waals surface area contributed by atoms with Crippen LogP contribution in [-0.4, -0.2) is 36.7 Å². The molecule has 1 aliphatic heterocycles. The molecule has 1 aliphatic carbocycles. The van der Waals surface area contributed by atoms with Gasteiger partial charge in [-0.3, -0.25) is 0 Å². The molecule has 0 aromatic heterocycles. The number of amides is 1. The number of likely N-dealkylation sites (tertiary alicyclic amines) is 1. The molecule has 24 heavy (non-hydrogen) atoms. The summed E-state index contributed by atoms with van der Waals surface area (Å²) in [5, 5.41) is 3.04. The molecule has 1 heterocycles. The Bertz CT molecular complexity index is 492. The predicted molar refractivity (Wildman–Crippen MR) is 95.8 cm³/mol. The zero-order valence-corrected chi connectivity index (χ0v) is 14.6. The van der Waals surface area contributed by atoms with E-state index in [1.165, 1.54) is 51.7 Å². The average molecular weight is 330 g/mol. The zero-order valence-electron chi connectivity index (χ0n) is 14.6. The topological polar surface area (TPSA) is 41.6 Å². The average Bonchev–Trinajstić information content (AvgIpc) is 2.63. The van der Waals surface area contributed by atoms with E-state index in [4.69, 9.17) is 4.74 Å². The molecule has 4 heteroatoms. The van der Waals surface area contributed by atoms with E-state index in [2.05, 4.69) is 10.2 Å². The molecular weight excluding hydrogens is 300 g/mol. The van der Waals surface area contributed by atoms with Crippen LogP contribution in [-0.2, 0) is 11.3 Å². The number of ether oxygens (including phenoxy) is 1. The predicted octanol–water partition coefficient (Wildman–Crippen LogP) is 3.96. The Labute approximate surface area is 145 Å². The van der Waals surface area contributed by atoms with Gasteiger partial charge < -0.3 is 15.0 Å². The summed E-state index contributed by atoms with van der Waals surface area (Å²) in [5.41, 5.74) is 1.03. The van der Waals surface area contributed by atoms with Crippen LogP contribution in [0, 0.1) is 5.92 Å². The molecule has 0 spiro atoms. The molecule has 132 valence electrons. The lowest BCUT2D eigenvalue weighted by atomic mass is 9.85. The summed E-state index contributed by atoms with van der Waals surface area (Å²) in [6, 6.07) is 10.1. The Morgan fingerprint density at radius 3 is 2.46 bits per heavy atom. The van der Waals surface area contributed by atoms with E-state index in [9.17, 15) is 4.79 Å². The van der Waals surface area contributed by atoms with Crippen molar-refractivity contribution in [3.8, 4) is 0 Å². The summed E-state index contributed by atoms with van der Waals surface area (Å²) < 4.78 is 5.32. The number of carbonyl (C=O) groups excluding carboxylic acids is 1. The third kappa shape index (κ3) is 5.52. The van der Waals surface area contributed by atoms with Crippen molar-refractivity contribution < 1.29 is 9.53 Å². The molecule has 2 aliphatic rings. The Hall–Kier alpha value is -1.55. The van der Waals surface area contributed by atoms with Gasteiger partial charge in [-0.2, -0.15) is 0 Å². The normalized spacial score (nSPS) is 25.2. The lowest BCUT2D eigenvalue weighted by Gasteiger charge is -2.34. The SMILES string of the molecule is O=C(N[C@H]1CC[C@H](CN2CCCCC2)CC1)OCc1ccccc1. The van der Waals surface area contributed by atoms with Crippen LogP contribution in [0.25, 0.3) is 0 Å². The third-order valence-corrected chi connectivity index (χ3v) is 5.35. The van der Waals surface area contributed by atoms with Crippen molar-refractivity contribution in [2.75, 3.05) is 19.6 Å². The van der Waals surface area contributed by atoms with Gasteiger partial charge >= 0.3 is 6.09 Å². The lowest BCUT2D eigenvalue weighted by Crippen LogP contribution is -2.40. The van der Waals surface area contributed by atoms with Crippen LogP contribution in [0.2, 0.25) is 0 Å². The molecule has 1 N–H and O–H groups in total. The highest BCUT2D eigenvalue weighted by molar-refractivity contribution is 5.67. The molecule has 4 nitrogen and oxygen atoms in total. The largest absolute Gasteiger partial charge is 0.445 e. The Morgan fingerprint density at radius 2 is 1.75 bits per heavy atom. The highest BCUT2D eigenvalue weighted by atomic mass is 16.5. The van der Waals surface area contributed by atoms with Crippen molar-refractivity contribution >= 4 is 6.09 Å². The molecule has 0 atom stereocenters. The van der Waals surface area contributed by atoms with Gasteiger partial charge in [-0.25, -0.2) is 4.79 Å². The van der Waals surface area contributed by atoms with Gasteiger partial charge in [0.1, 0.15) is 6.61 Å². The first-order chi connectivity index (χ1) is 11.8. The Kier molecular flexibility index (Phi) is 6.53. The molecule has 1 saturated carbocycles. The van der Waals surface area contributed by atoms with Crippen molar-refractivity contribution in [1.29, 1.82) is 0 Å². The van der Waals surface area contributed by atoms with Gasteiger partial charge in [-0.15, -0.1) is 0 Å². The minimum absolute atomic E-state index is 0.279. The molecule has 2 fully saturated rings. The minimum Gasteiger partial charge on any atom is -0.445 e. The quantitative estimate of drug-likeness (QED) is 0.888. The molecule has 0 unspecified atom stereocenters. The summed E-state index contributed by atoms with van der Waals surface area (Å²) >= 11 is 0. The number of alkyl carbamates (subject to hydrolysis) is 1. The molecule has 1 aromatic carbocycles. The van der Waals surface area contributed by atoms with Crippen molar-refractivity contribution in [3.05, 3.63) is 35.9 Å². The Balaban J connectivity index is 1.32. The fourth-order valence-electron chi connectivity index (χ4n) is 3.93. The molecule has 3 rings (SSSR count). The fraction of sp³-hybridized carbons (Fsp3) is 0.650. The summed E-state index contributed by atoms with van der Waals surface area (Å²) in [6.45, 7) is 4.16. The van der Waals surface area contributed by atoms with Gasteiger partial charge in [0.05, 0.1) is 0 Å². The van der Waals surface area contributed by atoms with E-state index in [1.807, 2.05) is 30.3 Å². The van der Waals surface area contributed by atoms with Crippen LogP contribution in [0.3, 0.4) is 0 Å². The molecule has 1 aromatic rings. The van der Waals surface area contributed by atoms with E-state index in [0.29, 0.717) is 6.61 Å². The van der Waals surface area contributed by atoms with Crippen LogP contribution in [0.15, 0.2) is 30.3 Å². The second-order valence-corrected chi connectivity index (χ2v) is 7.28. The smallest absolute Gasteiger partial charge is 0.407 e. The van der Waals surface area contributed by atoms with E-state index in [-0.39, 0.29) is 12.1 Å². The number of rotatable bonds is 5. The molecular formula is C20H30N2O2. The maximum Gasteiger partial charge on any atom is 0.407 e. The van der Waals surface area contributed by atoms with Crippen molar-refractivity contribution in [3.63, 3.8) is 0 Å². The number of nitrogens with one attached hydrogen (secondary N) is 1. The molecule has 1 amide bonds. The molecule has 0 bridgehead atoms. The number of carbonyl (C=O) groups is 1. The second kappa shape index (κ2) is 9.07. The van der Waals surface area contributed by atoms with Crippen LogP contribution in [0.5, 0.6) is 0 Å². The first-order valence-corrected chi connectivity index (χ1v) is 9.49. The number of nitrogens with zero attached hydrogens (tertiary/aromatic N) is 1. The van der Waals surface area contributed by atoms with Crippen LogP contribution in [0.4, 0.5) is 4.79 Å². The van der Waals surface area contributed by atoms with Crippen LogP contribution >= 0.6 is 0 Å². The maximum atomic E-state index is 11.9. The number of piperidine rings is 1. The second-order valence-electron chi connectivity index (χ2n) is 7.28. The highest BCUT2D eigenvalue weighted by Crippen LogP contribution is 2.26. The van der Waals surface area contributed by atoms with Gasteiger partial charge in [-0.1, -0.05) is 36.8 Å². The van der Waals surface area contributed by atoms with Gasteiger partial charge in [-0.05, 0) is 63.1 Å². The summed E-state index contributed by atoms with van der Waals surface area (Å²) in [4.78, 5) is 14.6. The van der Waals surface area contributed by atoms with Crippen molar-refractivity contribution in [2.45, 2.75) is 57.6 Å². The van der Waals surface area contributed by atoms with Crippen LogP contribution < -0.4 is 5.32 Å². The van der Waals surface area contributed by atoms with Gasteiger partial charge in [0, 0.05) is 12.6 Å². The van der Waals surface area contributed by atoms with Gasteiger partial charge in [0.2, 0.25) is 0 Å². The molecule has 0 radical (unpaired) electrons. The maximum absolute atomic E-state index is 11.9. The van der Waals surface area contributed by atoms with Gasteiger partial charge in [0.15, 0.2) is 0 Å². The highest BCUT2D eigenvalue weighted by Gasteiger charge is 2.24. The number of hydrogen-bond donors (Lipinski definition) is 1. The lowest BCUT2D eigenvalue weighted by molar-refractivity contribution is 0.126. The molecule has 1 saturated heterocycles. The van der Waals surface area contributed by atoms with E-state index in [0.717, 1.165) is 24.3 Å².